The van der Waals surface area contributed by atoms with Gasteiger partial charge >= 0.3 is 0 Å². The molecule has 1 spiro atoms. The number of amides is 1. The maximum Gasteiger partial charge on any atom is 0.223 e. The van der Waals surface area contributed by atoms with Crippen molar-refractivity contribution in [2.75, 3.05) is 13.1 Å². The molecule has 2 aromatic rings. The highest BCUT2D eigenvalue weighted by atomic mass is 79.9. The van der Waals surface area contributed by atoms with Crippen LogP contribution in [0.2, 0.25) is 0 Å². The maximum atomic E-state index is 12.6. The molecule has 2 heterocycles. The van der Waals surface area contributed by atoms with Gasteiger partial charge < -0.3 is 9.64 Å². The number of hydrogen-bond acceptors (Lipinski definition) is 3. The number of para-hydroxylation sites is 1. The summed E-state index contributed by atoms with van der Waals surface area (Å²) in [6, 6.07) is 15.4. The molecule has 1 fully saturated rings. The quantitative estimate of drug-likeness (QED) is 0.763. The molecule has 0 aromatic heterocycles. The van der Waals surface area contributed by atoms with Crippen molar-refractivity contribution in [2.45, 2.75) is 31.3 Å². The summed E-state index contributed by atoms with van der Waals surface area (Å²) in [5, 5.41) is 0. The molecule has 4 nitrogen and oxygen atoms in total. The van der Waals surface area contributed by atoms with Crippen molar-refractivity contribution in [3.8, 4) is 5.75 Å². The number of benzene rings is 2. The van der Waals surface area contributed by atoms with Gasteiger partial charge in [-0.05, 0) is 36.2 Å². The first kappa shape index (κ1) is 17.3. The fourth-order valence-corrected chi connectivity index (χ4v) is 4.05. The number of hydrogen-bond donors (Lipinski definition) is 0. The Morgan fingerprint density at radius 1 is 1.15 bits per heavy atom. The molecule has 2 aliphatic heterocycles. The fraction of sp³-hybridized carbons (Fsp3) is 0.333. The third kappa shape index (κ3) is 3.40. The molecule has 1 atom stereocenters. The van der Waals surface area contributed by atoms with Crippen LogP contribution in [0.3, 0.4) is 0 Å². The molecule has 2 aromatic carbocycles. The first-order valence-electron chi connectivity index (χ1n) is 8.88. The largest absolute Gasteiger partial charge is 0.484 e. The number of halogens is 1. The first-order chi connectivity index (χ1) is 12.5. The summed E-state index contributed by atoms with van der Waals surface area (Å²) in [7, 11) is 0. The predicted octanol–water partition coefficient (Wildman–Crippen LogP) is 4.02. The monoisotopic (exact) mass is 413 g/mol. The topological polar surface area (TPSA) is 46.6 Å². The molecule has 4 rings (SSSR count). The minimum Gasteiger partial charge on any atom is -0.484 e. The summed E-state index contributed by atoms with van der Waals surface area (Å²) in [5.74, 6) is 0.878. The summed E-state index contributed by atoms with van der Waals surface area (Å²) in [5.41, 5.74) is 1.24. The fourth-order valence-electron chi connectivity index (χ4n) is 3.79. The zero-order valence-corrected chi connectivity index (χ0v) is 16.0. The highest BCUT2D eigenvalue weighted by Gasteiger charge is 2.46. The van der Waals surface area contributed by atoms with Crippen LogP contribution in [0.15, 0.2) is 53.0 Å². The number of fused-ring (bicyclic) bond motifs is 1. The average molecular weight is 414 g/mol. The predicted molar refractivity (Wildman–Crippen MR) is 102 cm³/mol. The summed E-state index contributed by atoms with van der Waals surface area (Å²) < 4.78 is 7.22. The van der Waals surface area contributed by atoms with Crippen LogP contribution in [0.5, 0.6) is 5.75 Å². The Hall–Kier alpha value is -2.14. The van der Waals surface area contributed by atoms with Crippen molar-refractivity contribution in [3.63, 3.8) is 0 Å². The Morgan fingerprint density at radius 2 is 1.92 bits per heavy atom. The lowest BCUT2D eigenvalue weighted by atomic mass is 9.89. The SMILES string of the molecule is O=C1CC2(CCN(C(=O)CCc3ccc(Br)cc3)C2)Oc2ccccc21. The lowest BCUT2D eigenvalue weighted by molar-refractivity contribution is -0.130. The van der Waals surface area contributed by atoms with Crippen LogP contribution < -0.4 is 4.74 Å². The smallest absolute Gasteiger partial charge is 0.223 e. The molecule has 26 heavy (non-hydrogen) atoms. The number of carbonyl (C=O) groups is 2. The number of Topliss-reactive ketones (excluding diaryl/α,β-unsaturated/α-hetero) is 1. The molecule has 5 heteroatoms. The van der Waals surface area contributed by atoms with Gasteiger partial charge in [0.05, 0.1) is 18.5 Å². The molecule has 134 valence electrons. The van der Waals surface area contributed by atoms with E-state index in [4.69, 9.17) is 4.74 Å². The zero-order valence-electron chi connectivity index (χ0n) is 14.4. The van der Waals surface area contributed by atoms with Crippen LogP contribution in [0.4, 0.5) is 0 Å². The second-order valence-electron chi connectivity index (χ2n) is 7.07. The third-order valence-corrected chi connectivity index (χ3v) is 5.74. The lowest BCUT2D eigenvalue weighted by Crippen LogP contribution is -2.45. The van der Waals surface area contributed by atoms with E-state index in [1.165, 1.54) is 0 Å². The normalized spacial score (nSPS) is 21.6. The molecular formula is C21H20BrNO3. The van der Waals surface area contributed by atoms with Gasteiger partial charge in [0.25, 0.3) is 0 Å². The highest BCUT2D eigenvalue weighted by Crippen LogP contribution is 2.38. The second kappa shape index (κ2) is 6.88. The highest BCUT2D eigenvalue weighted by molar-refractivity contribution is 9.10. The number of ether oxygens (including phenoxy) is 1. The number of ketones is 1. The molecule has 1 unspecified atom stereocenters. The Balaban J connectivity index is 1.40. The Morgan fingerprint density at radius 3 is 2.73 bits per heavy atom. The molecule has 0 saturated carbocycles. The molecule has 0 N–H and O–H groups in total. The van der Waals surface area contributed by atoms with Gasteiger partial charge in [-0.15, -0.1) is 0 Å². The first-order valence-corrected chi connectivity index (χ1v) is 9.67. The minimum absolute atomic E-state index is 0.107. The summed E-state index contributed by atoms with van der Waals surface area (Å²) >= 11 is 3.42. The van der Waals surface area contributed by atoms with Crippen molar-refractivity contribution < 1.29 is 14.3 Å². The molecular weight excluding hydrogens is 394 g/mol. The summed E-state index contributed by atoms with van der Waals surface area (Å²) in [6.45, 7) is 1.14. The molecule has 1 saturated heterocycles. The van der Waals surface area contributed by atoms with Crippen LogP contribution in [0.25, 0.3) is 0 Å². The standard InChI is InChI=1S/C21H20BrNO3/c22-16-8-5-15(6-9-16)7-10-20(25)23-12-11-21(14-23)13-18(24)17-3-1-2-4-19(17)26-21/h1-6,8-9H,7,10-14H2. The molecule has 0 radical (unpaired) electrons. The van der Waals surface area contributed by atoms with Gasteiger partial charge in [-0.2, -0.15) is 0 Å². The second-order valence-corrected chi connectivity index (χ2v) is 7.99. The van der Waals surface area contributed by atoms with Crippen LogP contribution in [0, 0.1) is 0 Å². The van der Waals surface area contributed by atoms with Gasteiger partial charge in [-0.1, -0.05) is 40.2 Å². The Bertz CT molecular complexity index is 849. The summed E-state index contributed by atoms with van der Waals surface area (Å²) in [4.78, 5) is 26.9. The number of carbonyl (C=O) groups excluding carboxylic acids is 2. The average Bonchev–Trinajstić information content (AvgIpc) is 3.04. The van der Waals surface area contributed by atoms with Gasteiger partial charge in [0.2, 0.25) is 5.91 Å². The molecule has 2 aliphatic rings. The lowest BCUT2D eigenvalue weighted by Gasteiger charge is -2.34. The van der Waals surface area contributed by atoms with E-state index in [2.05, 4.69) is 15.9 Å². The Kier molecular flexibility index (Phi) is 4.57. The number of likely N-dealkylation sites (tertiary alicyclic amines) is 1. The van der Waals surface area contributed by atoms with Gasteiger partial charge in [0, 0.05) is 23.9 Å². The molecule has 0 bridgehead atoms. The number of rotatable bonds is 3. The Labute approximate surface area is 161 Å². The van der Waals surface area contributed by atoms with Crippen molar-refractivity contribution in [1.29, 1.82) is 0 Å². The third-order valence-electron chi connectivity index (χ3n) is 5.21. The van der Waals surface area contributed by atoms with Crippen molar-refractivity contribution in [3.05, 3.63) is 64.1 Å². The summed E-state index contributed by atoms with van der Waals surface area (Å²) in [6.07, 6.45) is 2.25. The van der Waals surface area contributed by atoms with E-state index >= 15 is 0 Å². The van der Waals surface area contributed by atoms with Gasteiger partial charge in [-0.25, -0.2) is 0 Å². The van der Waals surface area contributed by atoms with E-state index in [-0.39, 0.29) is 11.7 Å². The number of aryl methyl sites for hydroxylation is 1. The van der Waals surface area contributed by atoms with E-state index in [1.807, 2.05) is 47.4 Å². The minimum atomic E-state index is -0.557. The van der Waals surface area contributed by atoms with E-state index < -0.39 is 5.60 Å². The van der Waals surface area contributed by atoms with E-state index in [0.29, 0.717) is 43.7 Å². The van der Waals surface area contributed by atoms with Crippen molar-refractivity contribution in [1.82, 2.24) is 4.90 Å². The van der Waals surface area contributed by atoms with Crippen LogP contribution >= 0.6 is 15.9 Å². The van der Waals surface area contributed by atoms with E-state index in [9.17, 15) is 9.59 Å². The van der Waals surface area contributed by atoms with Crippen molar-refractivity contribution >= 4 is 27.6 Å². The van der Waals surface area contributed by atoms with Gasteiger partial charge in [0.1, 0.15) is 11.4 Å². The van der Waals surface area contributed by atoms with Crippen molar-refractivity contribution in [2.24, 2.45) is 0 Å². The zero-order chi connectivity index (χ0) is 18.1. The van der Waals surface area contributed by atoms with Crippen LogP contribution in [0.1, 0.15) is 35.2 Å². The van der Waals surface area contributed by atoms with Crippen LogP contribution in [-0.2, 0) is 11.2 Å². The molecule has 0 aliphatic carbocycles. The number of nitrogens with zero attached hydrogens (tertiary/aromatic N) is 1. The van der Waals surface area contributed by atoms with Gasteiger partial charge in [0.15, 0.2) is 5.78 Å². The molecule has 1 amide bonds. The van der Waals surface area contributed by atoms with E-state index in [1.54, 1.807) is 6.07 Å². The van der Waals surface area contributed by atoms with Crippen LogP contribution in [-0.4, -0.2) is 35.3 Å². The van der Waals surface area contributed by atoms with E-state index in [0.717, 1.165) is 16.5 Å². The van der Waals surface area contributed by atoms with Gasteiger partial charge in [-0.3, -0.25) is 9.59 Å². The maximum absolute atomic E-state index is 12.6.